The molecule has 13 heteroatoms. The zero-order valence-corrected chi connectivity index (χ0v) is 25.0. The molecule has 3 amide bonds. The summed E-state index contributed by atoms with van der Waals surface area (Å²) in [6, 6.07) is 0. The maximum atomic E-state index is 12.6. The molecule has 0 saturated heterocycles. The van der Waals surface area contributed by atoms with E-state index in [-0.39, 0.29) is 70.3 Å². The fourth-order valence-electron chi connectivity index (χ4n) is 2.49. The van der Waals surface area contributed by atoms with Crippen LogP contribution in [0.5, 0.6) is 0 Å². The maximum Gasteiger partial charge on any atom is 0.236 e. The number of alkyl halides is 2. The summed E-state index contributed by atoms with van der Waals surface area (Å²) in [4.78, 5) is 40.4. The molecule has 0 spiro atoms. The Labute approximate surface area is 225 Å². The van der Waals surface area contributed by atoms with E-state index in [0.717, 1.165) is 0 Å². The van der Waals surface area contributed by atoms with Crippen LogP contribution < -0.4 is 16.0 Å². The van der Waals surface area contributed by atoms with E-state index in [1.165, 1.54) is 0 Å². The van der Waals surface area contributed by atoms with Crippen molar-refractivity contribution in [1.29, 1.82) is 0 Å². The van der Waals surface area contributed by atoms with Gasteiger partial charge in [-0.1, -0.05) is 57.7 Å². The van der Waals surface area contributed by atoms with Gasteiger partial charge in [-0.05, 0) is 33.2 Å². The lowest BCUT2D eigenvalue weighted by atomic mass is 9.86. The predicted molar refractivity (Wildman–Crippen MR) is 143 cm³/mol. The van der Waals surface area contributed by atoms with E-state index in [4.69, 9.17) is 15.0 Å². The molecule has 0 rings (SSSR count). The predicted octanol–water partition coefficient (Wildman–Crippen LogP) is 3.06. The van der Waals surface area contributed by atoms with Gasteiger partial charge in [-0.25, -0.2) is 0 Å². The van der Waals surface area contributed by atoms with Crippen molar-refractivity contribution in [2.75, 3.05) is 52.6 Å². The molecule has 11 nitrogen and oxygen atoms in total. The monoisotopic (exact) mass is 626 g/mol. The molecule has 35 heavy (non-hydrogen) atoms. The van der Waals surface area contributed by atoms with E-state index in [1.54, 1.807) is 48.5 Å². The van der Waals surface area contributed by atoms with E-state index in [0.29, 0.717) is 0 Å². The van der Waals surface area contributed by atoms with Crippen molar-refractivity contribution < 1.29 is 23.9 Å². The normalized spacial score (nSPS) is 12.5. The van der Waals surface area contributed by atoms with Crippen molar-refractivity contribution in [1.82, 2.24) is 16.0 Å². The first kappa shape index (κ1) is 33.6. The summed E-state index contributed by atoms with van der Waals surface area (Å²) in [6.07, 6.45) is 0. The van der Waals surface area contributed by atoms with Crippen LogP contribution in [0.3, 0.4) is 0 Å². The van der Waals surface area contributed by atoms with Gasteiger partial charge in [0.25, 0.3) is 0 Å². The topological polar surface area (TPSA) is 155 Å². The average Bonchev–Trinajstić information content (AvgIpc) is 2.73. The summed E-state index contributed by atoms with van der Waals surface area (Å²) in [6.45, 7) is 13.9. The Kier molecular flexibility index (Phi) is 14.4. The average molecular weight is 628 g/mol. The Balaban J connectivity index is 5.58. The Morgan fingerprint density at radius 1 is 0.771 bits per heavy atom. The second-order valence-corrected chi connectivity index (χ2v) is 14.3. The fraction of sp³-hybridized carbons (Fsp3) is 0.864. The lowest BCUT2D eigenvalue weighted by Gasteiger charge is -2.36. The molecule has 0 aromatic heterocycles. The van der Waals surface area contributed by atoms with Gasteiger partial charge in [-0.2, -0.15) is 0 Å². The summed E-state index contributed by atoms with van der Waals surface area (Å²) in [5, 5.41) is 12.1. The highest BCUT2D eigenvalue weighted by atomic mass is 79.9. The third-order valence-electron chi connectivity index (χ3n) is 4.81. The van der Waals surface area contributed by atoms with Crippen molar-refractivity contribution in [2.24, 2.45) is 15.9 Å². The van der Waals surface area contributed by atoms with Crippen LogP contribution in [0.1, 0.15) is 48.5 Å². The van der Waals surface area contributed by atoms with Crippen LogP contribution in [0.4, 0.5) is 0 Å². The standard InChI is InChI=1S/C22H40Br2N6O5/c1-19(2,3)16(31)26-12-22(13-27-17(32)20(4,5)23,14-28-18(33)21(6,7)24)15-35-11-10-34-9-8-29-30-25/h8-15H2,1-7H3,(H,26,31)(H,27,32)(H,28,33). The minimum atomic E-state index is -0.839. The maximum absolute atomic E-state index is 12.6. The van der Waals surface area contributed by atoms with Crippen LogP contribution in [0.25, 0.3) is 10.4 Å². The van der Waals surface area contributed by atoms with Crippen LogP contribution >= 0.6 is 31.9 Å². The van der Waals surface area contributed by atoms with Crippen LogP contribution in [0.15, 0.2) is 5.11 Å². The molecule has 0 fully saturated rings. The second kappa shape index (κ2) is 15.0. The molecule has 3 N–H and O–H groups in total. The van der Waals surface area contributed by atoms with Gasteiger partial charge in [0, 0.05) is 41.9 Å². The third-order valence-corrected chi connectivity index (χ3v) is 5.53. The SMILES string of the molecule is CC(C)(C)C(=O)NCC(CNC(=O)C(C)(C)Br)(CNC(=O)C(C)(C)Br)COCCOCCN=[N+]=[N-]. The number of carbonyl (C=O) groups is 3. The molecule has 0 heterocycles. The highest BCUT2D eigenvalue weighted by molar-refractivity contribution is 9.10. The summed E-state index contributed by atoms with van der Waals surface area (Å²) >= 11 is 6.70. The zero-order chi connectivity index (χ0) is 27.3. The minimum absolute atomic E-state index is 0.128. The highest BCUT2D eigenvalue weighted by Crippen LogP contribution is 2.22. The van der Waals surface area contributed by atoms with Crippen molar-refractivity contribution in [3.8, 4) is 0 Å². The summed E-state index contributed by atoms with van der Waals surface area (Å²) < 4.78 is 9.63. The first-order chi connectivity index (χ1) is 15.9. The number of nitrogens with one attached hydrogen (secondary N) is 3. The molecule has 0 aliphatic heterocycles. The van der Waals surface area contributed by atoms with E-state index >= 15 is 0 Å². The van der Waals surface area contributed by atoms with Crippen molar-refractivity contribution in [2.45, 2.75) is 57.1 Å². The largest absolute Gasteiger partial charge is 0.379 e. The number of hydrogen-bond acceptors (Lipinski definition) is 6. The molecule has 0 atom stereocenters. The number of ether oxygens (including phenoxy) is 2. The quantitative estimate of drug-likeness (QED) is 0.0789. The van der Waals surface area contributed by atoms with Gasteiger partial charge in [0.1, 0.15) is 0 Å². The van der Waals surface area contributed by atoms with Gasteiger partial charge in [0.15, 0.2) is 0 Å². The molecule has 0 aliphatic rings. The number of nitrogens with zero attached hydrogens (tertiary/aromatic N) is 3. The number of hydrogen-bond donors (Lipinski definition) is 3. The number of rotatable bonds is 16. The molecule has 0 unspecified atom stereocenters. The van der Waals surface area contributed by atoms with Gasteiger partial charge >= 0.3 is 0 Å². The van der Waals surface area contributed by atoms with Crippen LogP contribution in [-0.4, -0.2) is 79.0 Å². The summed E-state index contributed by atoms with van der Waals surface area (Å²) in [7, 11) is 0. The van der Waals surface area contributed by atoms with E-state index < -0.39 is 19.5 Å². The molecule has 0 bridgehead atoms. The molecular formula is C22H40Br2N6O5. The molecule has 0 aliphatic carbocycles. The third kappa shape index (κ3) is 14.7. The zero-order valence-electron chi connectivity index (χ0n) is 21.8. The molecule has 0 aromatic rings. The first-order valence-corrected chi connectivity index (χ1v) is 12.9. The molecular weight excluding hydrogens is 588 g/mol. The van der Waals surface area contributed by atoms with Gasteiger partial charge in [0.05, 0.1) is 35.1 Å². The summed E-state index contributed by atoms with van der Waals surface area (Å²) in [5.74, 6) is -0.641. The second-order valence-electron chi connectivity index (χ2n) is 10.4. The Morgan fingerprint density at radius 2 is 1.20 bits per heavy atom. The fourth-order valence-corrected chi connectivity index (χ4v) is 2.77. The van der Waals surface area contributed by atoms with Crippen LogP contribution in [0, 0.1) is 10.8 Å². The molecule has 0 radical (unpaired) electrons. The number of azide groups is 1. The Hall–Kier alpha value is -1.40. The van der Waals surface area contributed by atoms with Gasteiger partial charge in [0.2, 0.25) is 17.7 Å². The summed E-state index contributed by atoms with van der Waals surface area (Å²) in [5.41, 5.74) is 6.84. The van der Waals surface area contributed by atoms with Crippen LogP contribution in [0.2, 0.25) is 0 Å². The van der Waals surface area contributed by atoms with Gasteiger partial charge in [-0.3, -0.25) is 14.4 Å². The number of halogens is 2. The number of carbonyl (C=O) groups excluding carboxylic acids is 3. The number of amides is 3. The van der Waals surface area contributed by atoms with Crippen LogP contribution in [-0.2, 0) is 23.9 Å². The first-order valence-electron chi connectivity index (χ1n) is 11.3. The molecule has 0 aromatic carbocycles. The van der Waals surface area contributed by atoms with E-state index in [9.17, 15) is 14.4 Å². The van der Waals surface area contributed by atoms with Crippen molar-refractivity contribution in [3.05, 3.63) is 10.4 Å². The van der Waals surface area contributed by atoms with E-state index in [2.05, 4.69) is 57.8 Å². The van der Waals surface area contributed by atoms with Gasteiger partial charge in [-0.15, -0.1) is 0 Å². The van der Waals surface area contributed by atoms with Gasteiger partial charge < -0.3 is 25.4 Å². The highest BCUT2D eigenvalue weighted by Gasteiger charge is 2.37. The minimum Gasteiger partial charge on any atom is -0.379 e. The molecule has 0 saturated carbocycles. The van der Waals surface area contributed by atoms with E-state index in [1.807, 2.05) is 0 Å². The molecule has 202 valence electrons. The Morgan fingerprint density at radius 3 is 1.60 bits per heavy atom. The smallest absolute Gasteiger partial charge is 0.236 e. The van der Waals surface area contributed by atoms with Crippen molar-refractivity contribution >= 4 is 49.6 Å². The lowest BCUT2D eigenvalue weighted by Crippen LogP contribution is -2.57. The Bertz CT molecular complexity index is 679. The lowest BCUT2D eigenvalue weighted by molar-refractivity contribution is -0.129. The van der Waals surface area contributed by atoms with Crippen molar-refractivity contribution in [3.63, 3.8) is 0 Å².